The topological polar surface area (TPSA) is 77.4 Å². The number of ether oxygens (including phenoxy) is 2. The molecule has 0 aromatic heterocycles. The normalized spacial score (nSPS) is 20.7. The van der Waals surface area contributed by atoms with Gasteiger partial charge >= 0.3 is 0 Å². The number of hydrogen-bond donors (Lipinski definition) is 0. The summed E-state index contributed by atoms with van der Waals surface area (Å²) in [5, 5.41) is 4.06. The van der Waals surface area contributed by atoms with E-state index < -0.39 is 17.9 Å². The van der Waals surface area contributed by atoms with E-state index in [2.05, 4.69) is 5.16 Å². The molecule has 0 spiro atoms. The van der Waals surface area contributed by atoms with Crippen LogP contribution in [0.1, 0.15) is 16.7 Å². The molecule has 1 fully saturated rings. The number of aryl methyl sites for hydroxylation is 1. The number of fused-ring (bicyclic) bond motifs is 1. The summed E-state index contributed by atoms with van der Waals surface area (Å²) >= 11 is 0. The summed E-state index contributed by atoms with van der Waals surface area (Å²) in [4.78, 5) is 32.8. The molecule has 144 valence electrons. The number of rotatable bonds is 4. The Morgan fingerprint density at radius 1 is 1.04 bits per heavy atom. The third-order valence-corrected chi connectivity index (χ3v) is 5.31. The Bertz CT molecular complexity index is 1010. The van der Waals surface area contributed by atoms with Gasteiger partial charge in [-0.1, -0.05) is 17.3 Å². The minimum atomic E-state index is -0.974. The minimum absolute atomic E-state index is 0.357. The smallest absolute Gasteiger partial charge is 0.278 e. The van der Waals surface area contributed by atoms with Crippen LogP contribution in [0.15, 0.2) is 41.6 Å². The van der Waals surface area contributed by atoms with Gasteiger partial charge in [0.25, 0.3) is 5.91 Å². The molecule has 1 saturated heterocycles. The number of anilines is 1. The highest BCUT2D eigenvalue weighted by molar-refractivity contribution is 6.33. The van der Waals surface area contributed by atoms with Crippen LogP contribution >= 0.6 is 0 Å². The molecule has 2 aromatic carbocycles. The Hall–Kier alpha value is -3.35. The Morgan fingerprint density at radius 3 is 2.54 bits per heavy atom. The second kappa shape index (κ2) is 6.67. The van der Waals surface area contributed by atoms with Gasteiger partial charge in [-0.2, -0.15) is 0 Å². The van der Waals surface area contributed by atoms with Crippen molar-refractivity contribution in [2.45, 2.75) is 20.0 Å². The summed E-state index contributed by atoms with van der Waals surface area (Å²) < 4.78 is 10.7. The molecule has 2 aliphatic rings. The highest BCUT2D eigenvalue weighted by Gasteiger charge is 2.56. The number of imide groups is 1. The number of hydrogen-bond acceptors (Lipinski definition) is 6. The van der Waals surface area contributed by atoms with Crippen LogP contribution in [0, 0.1) is 19.8 Å². The van der Waals surface area contributed by atoms with Crippen molar-refractivity contribution in [3.63, 3.8) is 0 Å². The standard InChI is InChI=1S/C21H20N2O5/c1-11-6-5-7-15(12(11)2)23-20(24)17-18(22-28-19(17)21(23)25)14-10-13(26-3)8-9-16(14)27-4/h5-10,17,19H,1-4H3. The van der Waals surface area contributed by atoms with Crippen LogP contribution in [-0.2, 0) is 14.4 Å². The molecule has 2 unspecified atom stereocenters. The van der Waals surface area contributed by atoms with Crippen molar-refractivity contribution in [1.29, 1.82) is 0 Å². The molecule has 0 N–H and O–H groups in total. The van der Waals surface area contributed by atoms with Crippen molar-refractivity contribution in [3.05, 3.63) is 53.1 Å². The van der Waals surface area contributed by atoms with E-state index >= 15 is 0 Å². The maximum atomic E-state index is 13.3. The molecule has 0 aliphatic carbocycles. The van der Waals surface area contributed by atoms with Gasteiger partial charge in [-0.05, 0) is 49.2 Å². The SMILES string of the molecule is COc1ccc(OC)c(C2=NOC3C(=O)N(c4cccc(C)c4C)C(=O)C23)c1. The molecular formula is C21H20N2O5. The van der Waals surface area contributed by atoms with E-state index in [1.807, 2.05) is 26.0 Å². The second-order valence-corrected chi connectivity index (χ2v) is 6.78. The van der Waals surface area contributed by atoms with Gasteiger partial charge in [0.05, 0.1) is 19.9 Å². The Balaban J connectivity index is 1.77. The molecule has 2 atom stereocenters. The molecule has 2 heterocycles. The molecule has 0 radical (unpaired) electrons. The van der Waals surface area contributed by atoms with Gasteiger partial charge < -0.3 is 14.3 Å². The lowest BCUT2D eigenvalue weighted by molar-refractivity contribution is -0.126. The van der Waals surface area contributed by atoms with Crippen LogP contribution in [-0.4, -0.2) is 37.8 Å². The number of methoxy groups -OCH3 is 2. The third-order valence-electron chi connectivity index (χ3n) is 5.31. The van der Waals surface area contributed by atoms with Gasteiger partial charge in [-0.3, -0.25) is 9.59 Å². The van der Waals surface area contributed by atoms with Gasteiger partial charge in [0.2, 0.25) is 12.0 Å². The van der Waals surface area contributed by atoms with Crippen molar-refractivity contribution in [3.8, 4) is 11.5 Å². The van der Waals surface area contributed by atoms with Crippen molar-refractivity contribution in [1.82, 2.24) is 0 Å². The Labute approximate surface area is 162 Å². The average Bonchev–Trinajstić information content (AvgIpc) is 3.24. The average molecular weight is 380 g/mol. The van der Waals surface area contributed by atoms with Crippen molar-refractivity contribution < 1.29 is 23.9 Å². The van der Waals surface area contributed by atoms with E-state index in [0.717, 1.165) is 11.1 Å². The lowest BCUT2D eigenvalue weighted by Crippen LogP contribution is -2.33. The first-order chi connectivity index (χ1) is 13.5. The lowest BCUT2D eigenvalue weighted by Gasteiger charge is -2.19. The quantitative estimate of drug-likeness (QED) is 0.762. The molecule has 2 aromatic rings. The third kappa shape index (κ3) is 2.54. The first-order valence-corrected chi connectivity index (χ1v) is 8.88. The molecule has 28 heavy (non-hydrogen) atoms. The predicted molar refractivity (Wildman–Crippen MR) is 103 cm³/mol. The largest absolute Gasteiger partial charge is 0.497 e. The molecule has 7 heteroatoms. The molecule has 4 rings (SSSR count). The number of carbonyl (C=O) groups excluding carboxylic acids is 2. The Kier molecular flexibility index (Phi) is 4.30. The van der Waals surface area contributed by atoms with Crippen LogP contribution in [0.25, 0.3) is 0 Å². The fourth-order valence-electron chi connectivity index (χ4n) is 3.63. The molecule has 2 aliphatic heterocycles. The Morgan fingerprint density at radius 2 is 1.82 bits per heavy atom. The molecule has 0 bridgehead atoms. The van der Waals surface area contributed by atoms with Crippen LogP contribution in [0.5, 0.6) is 11.5 Å². The zero-order valence-electron chi connectivity index (χ0n) is 16.1. The highest BCUT2D eigenvalue weighted by atomic mass is 16.7. The van der Waals surface area contributed by atoms with Gasteiger partial charge in [0.15, 0.2) is 0 Å². The number of nitrogens with zero attached hydrogens (tertiary/aromatic N) is 2. The van der Waals surface area contributed by atoms with Crippen LogP contribution in [0.4, 0.5) is 5.69 Å². The van der Waals surface area contributed by atoms with E-state index in [0.29, 0.717) is 28.5 Å². The fourth-order valence-corrected chi connectivity index (χ4v) is 3.63. The van der Waals surface area contributed by atoms with E-state index in [1.54, 1.807) is 31.4 Å². The fraction of sp³-hybridized carbons (Fsp3) is 0.286. The maximum Gasteiger partial charge on any atom is 0.278 e. The number of amides is 2. The van der Waals surface area contributed by atoms with Crippen LogP contribution in [0.3, 0.4) is 0 Å². The predicted octanol–water partition coefficient (Wildman–Crippen LogP) is 2.61. The van der Waals surface area contributed by atoms with Crippen LogP contribution in [0.2, 0.25) is 0 Å². The second-order valence-electron chi connectivity index (χ2n) is 6.78. The van der Waals surface area contributed by atoms with Crippen molar-refractivity contribution in [2.75, 3.05) is 19.1 Å². The summed E-state index contributed by atoms with van der Waals surface area (Å²) in [6.45, 7) is 3.83. The number of benzene rings is 2. The number of carbonyl (C=O) groups is 2. The van der Waals surface area contributed by atoms with E-state index in [4.69, 9.17) is 14.3 Å². The molecule has 7 nitrogen and oxygen atoms in total. The molecular weight excluding hydrogens is 360 g/mol. The van der Waals surface area contributed by atoms with Gasteiger partial charge in [-0.15, -0.1) is 0 Å². The first-order valence-electron chi connectivity index (χ1n) is 8.88. The summed E-state index contributed by atoms with van der Waals surface area (Å²) in [6, 6.07) is 10.7. The summed E-state index contributed by atoms with van der Waals surface area (Å²) in [5.74, 6) is -0.484. The lowest BCUT2D eigenvalue weighted by atomic mass is 9.93. The highest BCUT2D eigenvalue weighted by Crippen LogP contribution is 2.39. The van der Waals surface area contributed by atoms with E-state index in [-0.39, 0.29) is 5.91 Å². The molecule has 2 amide bonds. The number of oxime groups is 1. The van der Waals surface area contributed by atoms with Crippen molar-refractivity contribution in [2.24, 2.45) is 11.1 Å². The van der Waals surface area contributed by atoms with Gasteiger partial charge in [0.1, 0.15) is 23.1 Å². The summed E-state index contributed by atoms with van der Waals surface area (Å²) in [5.41, 5.74) is 3.39. The van der Waals surface area contributed by atoms with Gasteiger partial charge in [-0.25, -0.2) is 4.90 Å². The summed E-state index contributed by atoms with van der Waals surface area (Å²) in [6.07, 6.45) is -0.974. The molecule has 0 saturated carbocycles. The van der Waals surface area contributed by atoms with E-state index in [1.165, 1.54) is 12.0 Å². The monoisotopic (exact) mass is 380 g/mol. The van der Waals surface area contributed by atoms with Crippen molar-refractivity contribution >= 4 is 23.2 Å². The minimum Gasteiger partial charge on any atom is -0.497 e. The zero-order chi connectivity index (χ0) is 20.0. The first kappa shape index (κ1) is 18.0. The van der Waals surface area contributed by atoms with Crippen LogP contribution < -0.4 is 14.4 Å². The van der Waals surface area contributed by atoms with E-state index in [9.17, 15) is 9.59 Å². The maximum absolute atomic E-state index is 13.3. The summed E-state index contributed by atoms with van der Waals surface area (Å²) in [7, 11) is 3.08. The zero-order valence-corrected chi connectivity index (χ0v) is 16.1. The van der Waals surface area contributed by atoms with Gasteiger partial charge in [0, 0.05) is 5.56 Å².